The fraction of sp³-hybridized carbons (Fsp3) is 0.462. The predicted molar refractivity (Wildman–Crippen MR) is 77.2 cm³/mol. The summed E-state index contributed by atoms with van der Waals surface area (Å²) < 4.78 is 25.9. The fourth-order valence-corrected chi connectivity index (χ4v) is 2.62. The van der Waals surface area contributed by atoms with Gasteiger partial charge in [0.25, 0.3) is 0 Å². The first kappa shape index (κ1) is 16.5. The lowest BCUT2D eigenvalue weighted by molar-refractivity contribution is -0.141. The lowest BCUT2D eigenvalue weighted by Gasteiger charge is -2.12. The van der Waals surface area contributed by atoms with Crippen LogP contribution < -0.4 is 10.0 Å². The van der Waals surface area contributed by atoms with Crippen LogP contribution in [0.1, 0.15) is 19.8 Å². The molecular formula is C13H20N2O4S. The van der Waals surface area contributed by atoms with E-state index in [9.17, 15) is 13.2 Å². The Bertz CT molecular complexity index is 557. The number of nitrogens with one attached hydrogen (secondary N) is 2. The standard InChI is InChI=1S/C13H20N2O4S/c1-10(13(16)17)6-5-9-15-11-7-3-4-8-12(11)20(18,19)14-2/h3-4,7-8,10,14-15H,5-6,9H2,1-2H3,(H,16,17). The summed E-state index contributed by atoms with van der Waals surface area (Å²) in [7, 11) is -2.14. The monoisotopic (exact) mass is 300 g/mol. The smallest absolute Gasteiger partial charge is 0.306 e. The molecule has 0 amide bonds. The van der Waals surface area contributed by atoms with Gasteiger partial charge in [0, 0.05) is 6.54 Å². The Morgan fingerprint density at radius 1 is 1.35 bits per heavy atom. The first-order chi connectivity index (χ1) is 9.38. The number of hydrogen-bond donors (Lipinski definition) is 3. The number of benzene rings is 1. The Labute approximate surface area is 119 Å². The van der Waals surface area contributed by atoms with Gasteiger partial charge in [-0.3, -0.25) is 4.79 Å². The van der Waals surface area contributed by atoms with Gasteiger partial charge in [-0.25, -0.2) is 13.1 Å². The highest BCUT2D eigenvalue weighted by Crippen LogP contribution is 2.20. The van der Waals surface area contributed by atoms with Crippen molar-refractivity contribution in [1.29, 1.82) is 0 Å². The summed E-state index contributed by atoms with van der Waals surface area (Å²) >= 11 is 0. The van der Waals surface area contributed by atoms with E-state index in [4.69, 9.17) is 5.11 Å². The van der Waals surface area contributed by atoms with Crippen LogP contribution >= 0.6 is 0 Å². The average molecular weight is 300 g/mol. The summed E-state index contributed by atoms with van der Waals surface area (Å²) in [6.07, 6.45) is 1.20. The van der Waals surface area contributed by atoms with Crippen molar-refractivity contribution in [3.05, 3.63) is 24.3 Å². The maximum Gasteiger partial charge on any atom is 0.306 e. The van der Waals surface area contributed by atoms with Crippen molar-refractivity contribution in [2.75, 3.05) is 18.9 Å². The van der Waals surface area contributed by atoms with Crippen LogP contribution in [0.25, 0.3) is 0 Å². The van der Waals surface area contributed by atoms with Crippen LogP contribution in [-0.4, -0.2) is 33.1 Å². The van der Waals surface area contributed by atoms with Crippen LogP contribution in [0.15, 0.2) is 29.2 Å². The van der Waals surface area contributed by atoms with Crippen LogP contribution in [0.5, 0.6) is 0 Å². The van der Waals surface area contributed by atoms with Gasteiger partial charge in [-0.05, 0) is 32.0 Å². The number of sulfonamides is 1. The third-order valence-electron chi connectivity index (χ3n) is 3.00. The second kappa shape index (κ2) is 7.25. The van der Waals surface area contributed by atoms with Crippen molar-refractivity contribution in [3.63, 3.8) is 0 Å². The number of hydrogen-bond acceptors (Lipinski definition) is 4. The molecule has 0 bridgehead atoms. The Balaban J connectivity index is 2.64. The molecule has 0 radical (unpaired) electrons. The molecule has 0 aromatic heterocycles. The van der Waals surface area contributed by atoms with Crippen molar-refractivity contribution < 1.29 is 18.3 Å². The molecule has 20 heavy (non-hydrogen) atoms. The zero-order valence-corrected chi connectivity index (χ0v) is 12.4. The van der Waals surface area contributed by atoms with Crippen LogP contribution in [0.2, 0.25) is 0 Å². The van der Waals surface area contributed by atoms with Gasteiger partial charge in [0.15, 0.2) is 0 Å². The van der Waals surface area contributed by atoms with E-state index in [0.29, 0.717) is 25.1 Å². The minimum absolute atomic E-state index is 0.189. The molecule has 0 spiro atoms. The Hall–Kier alpha value is -1.60. The lowest BCUT2D eigenvalue weighted by atomic mass is 10.1. The molecule has 1 aromatic rings. The van der Waals surface area contributed by atoms with E-state index >= 15 is 0 Å². The topological polar surface area (TPSA) is 95.5 Å². The van der Waals surface area contributed by atoms with E-state index < -0.39 is 21.9 Å². The van der Waals surface area contributed by atoms with E-state index in [0.717, 1.165) is 0 Å². The van der Waals surface area contributed by atoms with Crippen LogP contribution in [0, 0.1) is 5.92 Å². The van der Waals surface area contributed by atoms with Crippen molar-refractivity contribution >= 4 is 21.7 Å². The number of carbonyl (C=O) groups is 1. The first-order valence-electron chi connectivity index (χ1n) is 6.37. The molecule has 1 aromatic carbocycles. The van der Waals surface area contributed by atoms with E-state index in [-0.39, 0.29) is 4.90 Å². The Kier molecular flexibility index (Phi) is 5.97. The second-order valence-corrected chi connectivity index (χ2v) is 6.37. The molecule has 6 nitrogen and oxygen atoms in total. The molecule has 3 N–H and O–H groups in total. The van der Waals surface area contributed by atoms with Crippen LogP contribution in [0.4, 0.5) is 5.69 Å². The number of rotatable bonds is 8. The van der Waals surface area contributed by atoms with Gasteiger partial charge in [-0.2, -0.15) is 0 Å². The molecule has 7 heteroatoms. The van der Waals surface area contributed by atoms with Crippen LogP contribution in [-0.2, 0) is 14.8 Å². The molecular weight excluding hydrogens is 280 g/mol. The second-order valence-electron chi connectivity index (χ2n) is 4.51. The molecule has 112 valence electrons. The zero-order valence-electron chi connectivity index (χ0n) is 11.6. The molecule has 0 saturated heterocycles. The maximum absolute atomic E-state index is 11.8. The van der Waals surface area contributed by atoms with E-state index in [2.05, 4.69) is 10.0 Å². The highest BCUT2D eigenvalue weighted by Gasteiger charge is 2.15. The summed E-state index contributed by atoms with van der Waals surface area (Å²) in [6.45, 7) is 2.18. The molecule has 0 heterocycles. The SMILES string of the molecule is CNS(=O)(=O)c1ccccc1NCCCC(C)C(=O)O. The molecule has 0 aliphatic heterocycles. The lowest BCUT2D eigenvalue weighted by Crippen LogP contribution is -2.20. The van der Waals surface area contributed by atoms with Crippen molar-refractivity contribution in [2.24, 2.45) is 5.92 Å². The normalized spacial score (nSPS) is 12.9. The molecule has 1 unspecified atom stereocenters. The van der Waals surface area contributed by atoms with Gasteiger partial charge in [0.05, 0.1) is 11.6 Å². The molecule has 0 fully saturated rings. The average Bonchev–Trinajstić information content (AvgIpc) is 2.43. The summed E-state index contributed by atoms with van der Waals surface area (Å²) in [5.74, 6) is -1.21. The van der Waals surface area contributed by atoms with Crippen molar-refractivity contribution in [1.82, 2.24) is 4.72 Å². The minimum Gasteiger partial charge on any atom is -0.481 e. The number of anilines is 1. The van der Waals surface area contributed by atoms with E-state index in [1.807, 2.05) is 0 Å². The highest BCUT2D eigenvalue weighted by atomic mass is 32.2. The molecule has 1 rings (SSSR count). The maximum atomic E-state index is 11.8. The van der Waals surface area contributed by atoms with E-state index in [1.54, 1.807) is 25.1 Å². The van der Waals surface area contributed by atoms with Crippen LogP contribution in [0.3, 0.4) is 0 Å². The number of para-hydroxylation sites is 1. The summed E-state index contributed by atoms with van der Waals surface area (Å²) in [5.41, 5.74) is 0.518. The quantitative estimate of drug-likeness (QED) is 0.632. The number of carboxylic acids is 1. The molecule has 1 atom stereocenters. The Morgan fingerprint density at radius 3 is 2.60 bits per heavy atom. The molecule has 0 saturated carbocycles. The van der Waals surface area contributed by atoms with Gasteiger partial charge in [0.1, 0.15) is 4.90 Å². The Morgan fingerprint density at radius 2 is 2.00 bits per heavy atom. The highest BCUT2D eigenvalue weighted by molar-refractivity contribution is 7.89. The summed E-state index contributed by atoms with van der Waals surface area (Å²) in [5, 5.41) is 11.8. The third kappa shape index (κ3) is 4.50. The third-order valence-corrected chi connectivity index (χ3v) is 4.47. The van der Waals surface area contributed by atoms with E-state index in [1.165, 1.54) is 13.1 Å². The first-order valence-corrected chi connectivity index (χ1v) is 7.86. The molecule has 0 aliphatic rings. The largest absolute Gasteiger partial charge is 0.481 e. The van der Waals surface area contributed by atoms with Gasteiger partial charge < -0.3 is 10.4 Å². The zero-order chi connectivity index (χ0) is 15.2. The van der Waals surface area contributed by atoms with Gasteiger partial charge >= 0.3 is 5.97 Å². The molecule has 0 aliphatic carbocycles. The van der Waals surface area contributed by atoms with Crippen molar-refractivity contribution in [3.8, 4) is 0 Å². The van der Waals surface area contributed by atoms with Crippen molar-refractivity contribution in [2.45, 2.75) is 24.7 Å². The summed E-state index contributed by atoms with van der Waals surface area (Å²) in [6, 6.07) is 6.61. The number of aliphatic carboxylic acids is 1. The number of carboxylic acid groups (broad SMARTS) is 1. The predicted octanol–water partition coefficient (Wildman–Crippen LogP) is 1.51. The fourth-order valence-electron chi connectivity index (χ4n) is 1.71. The summed E-state index contributed by atoms with van der Waals surface area (Å²) in [4.78, 5) is 10.9. The van der Waals surface area contributed by atoms with Gasteiger partial charge in [-0.1, -0.05) is 19.1 Å². The minimum atomic E-state index is -3.50. The van der Waals surface area contributed by atoms with Gasteiger partial charge in [-0.15, -0.1) is 0 Å². The van der Waals surface area contributed by atoms with Gasteiger partial charge in [0.2, 0.25) is 10.0 Å².